The van der Waals surface area contributed by atoms with Gasteiger partial charge in [0, 0.05) is 19.6 Å². The molecule has 0 amide bonds. The molecule has 5 heteroatoms. The van der Waals surface area contributed by atoms with Crippen molar-refractivity contribution in [3.05, 3.63) is 9.26 Å². The molecule has 0 aliphatic carbocycles. The van der Waals surface area contributed by atoms with Crippen molar-refractivity contribution in [1.82, 2.24) is 9.97 Å². The van der Waals surface area contributed by atoms with E-state index in [4.69, 9.17) is 9.97 Å². The van der Waals surface area contributed by atoms with Gasteiger partial charge in [-0.2, -0.15) is 4.98 Å². The summed E-state index contributed by atoms with van der Waals surface area (Å²) in [5, 5.41) is 3.44. The van der Waals surface area contributed by atoms with Crippen molar-refractivity contribution in [3.8, 4) is 0 Å². The van der Waals surface area contributed by atoms with E-state index < -0.39 is 0 Å². The number of aromatic nitrogens is 2. The average Bonchev–Trinajstić information content (AvgIpc) is 2.91. The lowest BCUT2D eigenvalue weighted by Gasteiger charge is -2.20. The standard InChI is InChI=1S/C14H23IN4/c1-4-7-16-13-11(15)12(10(2)3)17-14(18-13)19-8-5-6-9-19/h10H,4-9H2,1-3H3,(H,16,17,18). The number of anilines is 2. The van der Waals surface area contributed by atoms with Gasteiger partial charge in [0.05, 0.1) is 9.26 Å². The predicted octanol–water partition coefficient (Wildman–Crippen LogP) is 3.63. The van der Waals surface area contributed by atoms with E-state index in [9.17, 15) is 0 Å². The fraction of sp³-hybridized carbons (Fsp3) is 0.714. The van der Waals surface area contributed by atoms with Crippen LogP contribution in [0.2, 0.25) is 0 Å². The Morgan fingerprint density at radius 2 is 1.95 bits per heavy atom. The summed E-state index contributed by atoms with van der Waals surface area (Å²) in [6.07, 6.45) is 3.62. The maximum Gasteiger partial charge on any atom is 0.227 e. The number of halogens is 1. The van der Waals surface area contributed by atoms with Crippen molar-refractivity contribution >= 4 is 34.4 Å². The molecule has 0 unspecified atom stereocenters. The Bertz CT molecular complexity index is 428. The summed E-state index contributed by atoms with van der Waals surface area (Å²) in [5.41, 5.74) is 1.16. The number of hydrogen-bond donors (Lipinski definition) is 1. The van der Waals surface area contributed by atoms with Gasteiger partial charge in [0.1, 0.15) is 5.82 Å². The van der Waals surface area contributed by atoms with Crippen molar-refractivity contribution < 1.29 is 0 Å². The molecule has 0 aromatic carbocycles. The van der Waals surface area contributed by atoms with Crippen LogP contribution < -0.4 is 10.2 Å². The highest BCUT2D eigenvalue weighted by Gasteiger charge is 2.20. The number of nitrogens with one attached hydrogen (secondary N) is 1. The fourth-order valence-corrected chi connectivity index (χ4v) is 3.31. The van der Waals surface area contributed by atoms with Crippen molar-refractivity contribution in [2.45, 2.75) is 46.0 Å². The molecule has 2 heterocycles. The zero-order chi connectivity index (χ0) is 13.8. The van der Waals surface area contributed by atoms with Crippen LogP contribution in [0.15, 0.2) is 0 Å². The van der Waals surface area contributed by atoms with Crippen molar-refractivity contribution in [2.24, 2.45) is 0 Å². The molecule has 1 aliphatic rings. The Morgan fingerprint density at radius 1 is 1.26 bits per heavy atom. The molecule has 1 aromatic rings. The summed E-state index contributed by atoms with van der Waals surface area (Å²) in [4.78, 5) is 11.8. The van der Waals surface area contributed by atoms with Crippen molar-refractivity contribution in [2.75, 3.05) is 29.9 Å². The third kappa shape index (κ3) is 3.49. The molecule has 0 saturated carbocycles. The smallest absolute Gasteiger partial charge is 0.227 e. The Kier molecular flexibility index (Phi) is 5.24. The zero-order valence-corrected chi connectivity index (χ0v) is 14.2. The van der Waals surface area contributed by atoms with Crippen LogP contribution >= 0.6 is 22.6 Å². The molecular weight excluding hydrogens is 351 g/mol. The monoisotopic (exact) mass is 374 g/mol. The van der Waals surface area contributed by atoms with Gasteiger partial charge < -0.3 is 10.2 Å². The second-order valence-corrected chi connectivity index (χ2v) is 6.43. The van der Waals surface area contributed by atoms with E-state index in [1.54, 1.807) is 0 Å². The van der Waals surface area contributed by atoms with Crippen LogP contribution in [0.5, 0.6) is 0 Å². The second kappa shape index (κ2) is 6.72. The van der Waals surface area contributed by atoms with E-state index in [-0.39, 0.29) is 0 Å². The van der Waals surface area contributed by atoms with Crippen LogP contribution in [0.1, 0.15) is 51.6 Å². The molecule has 19 heavy (non-hydrogen) atoms. The first-order valence-corrected chi connectivity index (χ1v) is 8.27. The molecule has 106 valence electrons. The summed E-state index contributed by atoms with van der Waals surface area (Å²) >= 11 is 2.37. The van der Waals surface area contributed by atoms with Crippen LogP contribution in [0.3, 0.4) is 0 Å². The van der Waals surface area contributed by atoms with E-state index in [0.717, 1.165) is 43.5 Å². The third-order valence-electron chi connectivity index (χ3n) is 3.34. The lowest BCUT2D eigenvalue weighted by atomic mass is 10.1. The van der Waals surface area contributed by atoms with E-state index >= 15 is 0 Å². The maximum absolute atomic E-state index is 4.79. The summed E-state index contributed by atoms with van der Waals surface area (Å²) in [6, 6.07) is 0. The number of rotatable bonds is 5. The minimum Gasteiger partial charge on any atom is -0.369 e. The van der Waals surface area contributed by atoms with Gasteiger partial charge in [-0.1, -0.05) is 20.8 Å². The summed E-state index contributed by atoms with van der Waals surface area (Å²) in [5.74, 6) is 2.33. The van der Waals surface area contributed by atoms with Gasteiger partial charge >= 0.3 is 0 Å². The normalized spacial score (nSPS) is 15.3. The highest BCUT2D eigenvalue weighted by Crippen LogP contribution is 2.28. The summed E-state index contributed by atoms with van der Waals surface area (Å²) < 4.78 is 1.17. The minimum atomic E-state index is 0.429. The van der Waals surface area contributed by atoms with E-state index in [1.807, 2.05) is 0 Å². The highest BCUT2D eigenvalue weighted by molar-refractivity contribution is 14.1. The topological polar surface area (TPSA) is 41.1 Å². The molecule has 0 spiro atoms. The molecule has 2 rings (SSSR count). The van der Waals surface area contributed by atoms with Gasteiger partial charge in [0.2, 0.25) is 5.95 Å². The Morgan fingerprint density at radius 3 is 2.53 bits per heavy atom. The van der Waals surface area contributed by atoms with Gasteiger partial charge in [0.25, 0.3) is 0 Å². The van der Waals surface area contributed by atoms with Crippen LogP contribution in [0.4, 0.5) is 11.8 Å². The van der Waals surface area contributed by atoms with Gasteiger partial charge in [-0.05, 0) is 47.8 Å². The molecule has 4 nitrogen and oxygen atoms in total. The second-order valence-electron chi connectivity index (χ2n) is 5.35. The van der Waals surface area contributed by atoms with Crippen molar-refractivity contribution in [1.29, 1.82) is 0 Å². The fourth-order valence-electron chi connectivity index (χ4n) is 2.25. The summed E-state index contributed by atoms with van der Waals surface area (Å²) in [6.45, 7) is 9.70. The zero-order valence-electron chi connectivity index (χ0n) is 12.0. The molecule has 0 bridgehead atoms. The largest absolute Gasteiger partial charge is 0.369 e. The third-order valence-corrected chi connectivity index (χ3v) is 4.41. The van der Waals surface area contributed by atoms with Crippen LogP contribution in [-0.4, -0.2) is 29.6 Å². The van der Waals surface area contributed by atoms with Crippen LogP contribution in [0.25, 0.3) is 0 Å². The molecular formula is C14H23IN4. The lowest BCUT2D eigenvalue weighted by molar-refractivity contribution is 0.786. The summed E-state index contributed by atoms with van der Waals surface area (Å²) in [7, 11) is 0. The molecule has 0 radical (unpaired) electrons. The predicted molar refractivity (Wildman–Crippen MR) is 89.1 cm³/mol. The Hall–Kier alpha value is -0.590. The van der Waals surface area contributed by atoms with Crippen molar-refractivity contribution in [3.63, 3.8) is 0 Å². The first kappa shape index (κ1) is 14.8. The average molecular weight is 374 g/mol. The molecule has 1 aromatic heterocycles. The van der Waals surface area contributed by atoms with Crippen LogP contribution in [-0.2, 0) is 0 Å². The molecule has 1 saturated heterocycles. The number of hydrogen-bond acceptors (Lipinski definition) is 4. The maximum atomic E-state index is 4.79. The van der Waals surface area contributed by atoms with Gasteiger partial charge in [-0.15, -0.1) is 0 Å². The minimum absolute atomic E-state index is 0.429. The Labute approximate surface area is 129 Å². The molecule has 1 N–H and O–H groups in total. The highest BCUT2D eigenvalue weighted by atomic mass is 127. The molecule has 1 fully saturated rings. The van der Waals surface area contributed by atoms with Gasteiger partial charge in [-0.25, -0.2) is 4.98 Å². The van der Waals surface area contributed by atoms with E-state index in [2.05, 4.69) is 53.6 Å². The van der Waals surface area contributed by atoms with E-state index in [0.29, 0.717) is 5.92 Å². The first-order valence-electron chi connectivity index (χ1n) is 7.19. The lowest BCUT2D eigenvalue weighted by Crippen LogP contribution is -2.22. The van der Waals surface area contributed by atoms with Gasteiger partial charge in [-0.3, -0.25) is 0 Å². The quantitative estimate of drug-likeness (QED) is 0.800. The van der Waals surface area contributed by atoms with E-state index in [1.165, 1.54) is 16.4 Å². The molecule has 1 aliphatic heterocycles. The molecule has 0 atom stereocenters. The SMILES string of the molecule is CCCNc1nc(N2CCCC2)nc(C(C)C)c1I. The van der Waals surface area contributed by atoms with Gasteiger partial charge in [0.15, 0.2) is 0 Å². The number of nitrogens with zero attached hydrogens (tertiary/aromatic N) is 3. The Balaban J connectivity index is 2.35. The first-order chi connectivity index (χ1) is 9.13. The van der Waals surface area contributed by atoms with Crippen LogP contribution in [0, 0.1) is 3.57 Å².